The first-order chi connectivity index (χ1) is 16.1. The fraction of sp³-hybridized carbons (Fsp3) is 1.00. The Labute approximate surface area is 192 Å². The molecular weight excluding hydrogens is 638 g/mol. The summed E-state index contributed by atoms with van der Waals surface area (Å²) >= 11 is 0. The summed E-state index contributed by atoms with van der Waals surface area (Å²) in [5, 5.41) is 0. The molecule has 0 aromatic heterocycles. The largest absolute Gasteiger partial charge is 0.472 e. The SMILES string of the molecule is O=P(O)(O)OC(F)C(F)(F)C(F)(F)C(F)(F)C(F)(F)C(F)(F)C(F)(F)C(F)(F)C(F)(F)C(F)C(F)C(F)F. The highest BCUT2D eigenvalue weighted by atomic mass is 31.2. The van der Waals surface area contributed by atoms with Gasteiger partial charge in [-0.05, 0) is 0 Å². The molecule has 0 bridgehead atoms. The van der Waals surface area contributed by atoms with Crippen molar-refractivity contribution in [3.05, 3.63) is 0 Å². The maximum Gasteiger partial charge on any atom is 0.472 e. The molecule has 2 N–H and O–H groups in total. The molecule has 3 atom stereocenters. The van der Waals surface area contributed by atoms with Crippen molar-refractivity contribution in [3.63, 3.8) is 0 Å². The molecule has 0 aliphatic carbocycles. The van der Waals surface area contributed by atoms with Crippen molar-refractivity contribution in [1.29, 1.82) is 0 Å². The molecule has 0 aromatic rings. The number of rotatable bonds is 13. The molecule has 0 heterocycles. The van der Waals surface area contributed by atoms with Gasteiger partial charge in [-0.3, -0.25) is 0 Å². The summed E-state index contributed by atoms with van der Waals surface area (Å²) in [7, 11) is -6.80. The molecule has 0 aliphatic rings. The predicted octanol–water partition coefficient (Wildman–Crippen LogP) is 6.42. The van der Waals surface area contributed by atoms with Gasteiger partial charge in [0.05, 0.1) is 0 Å². The number of alkyl halides is 21. The average molecular weight is 644 g/mol. The van der Waals surface area contributed by atoms with Gasteiger partial charge in [-0.2, -0.15) is 70.2 Å². The van der Waals surface area contributed by atoms with Crippen LogP contribution in [0.4, 0.5) is 92.2 Å². The van der Waals surface area contributed by atoms with E-state index < -0.39 is 80.3 Å². The van der Waals surface area contributed by atoms with Crippen LogP contribution in [0, 0.1) is 0 Å². The highest BCUT2D eigenvalue weighted by molar-refractivity contribution is 7.46. The lowest BCUT2D eigenvalue weighted by molar-refractivity contribution is -0.460. The van der Waals surface area contributed by atoms with Crippen LogP contribution in [0.5, 0.6) is 0 Å². The van der Waals surface area contributed by atoms with E-state index in [2.05, 4.69) is 4.52 Å². The molecule has 26 heteroatoms. The third-order valence-electron chi connectivity index (χ3n) is 4.19. The maximum absolute atomic E-state index is 13.5. The quantitative estimate of drug-likeness (QED) is 0.180. The summed E-state index contributed by atoms with van der Waals surface area (Å²) in [4.78, 5) is 15.9. The second-order valence-corrected chi connectivity index (χ2v) is 7.98. The van der Waals surface area contributed by atoms with Crippen LogP contribution in [0.2, 0.25) is 0 Å². The third-order valence-corrected chi connectivity index (χ3v) is 4.65. The van der Waals surface area contributed by atoms with Crippen LogP contribution < -0.4 is 0 Å². The zero-order valence-corrected chi connectivity index (χ0v) is 17.3. The van der Waals surface area contributed by atoms with E-state index in [0.29, 0.717) is 0 Å². The Kier molecular flexibility index (Phi) is 9.57. The molecule has 0 saturated heterocycles. The Bertz CT molecular complexity index is 883. The fourth-order valence-corrected chi connectivity index (χ4v) is 2.41. The molecule has 0 rings (SSSR count). The van der Waals surface area contributed by atoms with Crippen LogP contribution in [-0.2, 0) is 9.09 Å². The first-order valence-corrected chi connectivity index (χ1v) is 9.64. The second-order valence-electron chi connectivity index (χ2n) is 6.78. The van der Waals surface area contributed by atoms with Gasteiger partial charge >= 0.3 is 55.2 Å². The first kappa shape index (κ1) is 36.6. The van der Waals surface area contributed by atoms with E-state index in [1.165, 1.54) is 0 Å². The molecule has 230 valence electrons. The molecule has 0 radical (unpaired) electrons. The van der Waals surface area contributed by atoms with Crippen LogP contribution in [0.25, 0.3) is 0 Å². The fourth-order valence-electron chi connectivity index (χ4n) is 2.04. The molecule has 0 amide bonds. The monoisotopic (exact) mass is 644 g/mol. The van der Waals surface area contributed by atoms with Gasteiger partial charge in [0, 0.05) is 0 Å². The highest BCUT2D eigenvalue weighted by Gasteiger charge is 2.96. The number of hydrogen-bond acceptors (Lipinski definition) is 2. The Balaban J connectivity index is 6.94. The Morgan fingerprint density at radius 3 is 1.03 bits per heavy atom. The van der Waals surface area contributed by atoms with E-state index >= 15 is 0 Å². The summed E-state index contributed by atoms with van der Waals surface area (Å²) in [5.74, 6) is -69.5. The second kappa shape index (κ2) is 9.93. The van der Waals surface area contributed by atoms with Crippen LogP contribution >= 0.6 is 7.82 Å². The molecule has 0 aliphatic heterocycles. The summed E-state index contributed by atoms with van der Waals surface area (Å²) in [6, 6.07) is 0. The zero-order valence-electron chi connectivity index (χ0n) is 16.4. The molecular formula is C12H6F21O4P. The number of phosphoric ester groups is 1. The van der Waals surface area contributed by atoms with Crippen molar-refractivity contribution in [2.45, 2.75) is 72.5 Å². The lowest BCUT2D eigenvalue weighted by Crippen LogP contribution is -2.76. The smallest absolute Gasteiger partial charge is 0.303 e. The maximum atomic E-state index is 13.5. The van der Waals surface area contributed by atoms with Crippen LogP contribution in [0.1, 0.15) is 0 Å². The van der Waals surface area contributed by atoms with E-state index in [9.17, 15) is 96.8 Å². The number of hydrogen-bond donors (Lipinski definition) is 2. The Hall–Kier alpha value is -1.36. The molecule has 38 heavy (non-hydrogen) atoms. The topological polar surface area (TPSA) is 66.8 Å². The minimum absolute atomic E-state index is 2.11. The lowest BCUT2D eigenvalue weighted by Gasteiger charge is -2.44. The van der Waals surface area contributed by atoms with Gasteiger partial charge in [-0.15, -0.1) is 0 Å². The summed E-state index contributed by atoms with van der Waals surface area (Å²) in [5.41, 5.74) is 0. The van der Waals surface area contributed by atoms with Gasteiger partial charge in [0.1, 0.15) is 0 Å². The molecule has 0 saturated carbocycles. The standard InChI is InChI=1S/C12H6F21O4P/c13-1(3(15)16)2(14)5(18,19)7(22,23)9(26,27)11(30,31)12(32,33)10(28,29)8(24,25)6(20,21)4(17)37-38(34,35)36/h1-4H,(H2,34,35,36). The lowest BCUT2D eigenvalue weighted by atomic mass is 9.86. The van der Waals surface area contributed by atoms with E-state index in [4.69, 9.17) is 9.79 Å². The summed E-state index contributed by atoms with van der Waals surface area (Å²) < 4.78 is 289. The molecule has 0 aromatic carbocycles. The van der Waals surface area contributed by atoms with Crippen molar-refractivity contribution in [1.82, 2.24) is 0 Å². The van der Waals surface area contributed by atoms with E-state index in [1.54, 1.807) is 0 Å². The van der Waals surface area contributed by atoms with E-state index in [1.807, 2.05) is 0 Å². The van der Waals surface area contributed by atoms with Gasteiger partial charge in [0.2, 0.25) is 6.17 Å². The Morgan fingerprint density at radius 2 is 0.763 bits per heavy atom. The Morgan fingerprint density at radius 1 is 0.500 bits per heavy atom. The van der Waals surface area contributed by atoms with Crippen LogP contribution in [-0.4, -0.2) is 82.3 Å². The zero-order chi connectivity index (χ0) is 31.5. The predicted molar refractivity (Wildman–Crippen MR) is 73.4 cm³/mol. The molecule has 0 spiro atoms. The summed E-state index contributed by atoms with van der Waals surface area (Å²) in [6.07, 6.45) is -22.3. The minimum atomic E-state index is -9.18. The van der Waals surface area contributed by atoms with Gasteiger partial charge in [0.15, 0.2) is 6.17 Å². The van der Waals surface area contributed by atoms with Crippen molar-refractivity contribution in [3.8, 4) is 0 Å². The number of halogens is 21. The number of phosphoric acid groups is 1. The van der Waals surface area contributed by atoms with Gasteiger partial charge < -0.3 is 9.79 Å². The molecule has 4 nitrogen and oxygen atoms in total. The normalized spacial score (nSPS) is 18.5. The van der Waals surface area contributed by atoms with Gasteiger partial charge in [0.25, 0.3) is 12.8 Å². The van der Waals surface area contributed by atoms with Crippen molar-refractivity contribution in [2.75, 3.05) is 0 Å². The third kappa shape index (κ3) is 5.22. The van der Waals surface area contributed by atoms with Gasteiger partial charge in [-0.25, -0.2) is 31.0 Å². The van der Waals surface area contributed by atoms with Crippen LogP contribution in [0.3, 0.4) is 0 Å². The van der Waals surface area contributed by atoms with E-state index in [0.717, 1.165) is 0 Å². The molecule has 3 unspecified atom stereocenters. The van der Waals surface area contributed by atoms with Crippen LogP contribution in [0.15, 0.2) is 0 Å². The minimum Gasteiger partial charge on any atom is -0.303 e. The van der Waals surface area contributed by atoms with E-state index in [-0.39, 0.29) is 0 Å². The van der Waals surface area contributed by atoms with Crippen molar-refractivity contribution < 1.29 is 111 Å². The molecule has 0 fully saturated rings. The first-order valence-electron chi connectivity index (χ1n) is 8.11. The van der Waals surface area contributed by atoms with Gasteiger partial charge in [-0.1, -0.05) is 0 Å². The average Bonchev–Trinajstić information content (AvgIpc) is 2.69. The van der Waals surface area contributed by atoms with Crippen molar-refractivity contribution >= 4 is 7.82 Å². The highest BCUT2D eigenvalue weighted by Crippen LogP contribution is 2.65. The summed E-state index contributed by atoms with van der Waals surface area (Å²) in [6.45, 7) is 0. The van der Waals surface area contributed by atoms with Crippen molar-refractivity contribution in [2.24, 2.45) is 0 Å².